The molecule has 0 atom stereocenters. The Kier molecular flexibility index (Phi) is 7.60. The third-order valence-corrected chi connectivity index (χ3v) is 4.17. The molecule has 3 heteroatoms. The van der Waals surface area contributed by atoms with E-state index >= 15 is 0 Å². The van der Waals surface area contributed by atoms with Crippen LogP contribution in [0.2, 0.25) is 0 Å². The number of methoxy groups -OCH3 is 1. The molecule has 0 bridgehead atoms. The van der Waals surface area contributed by atoms with Crippen molar-refractivity contribution >= 4 is 15.9 Å². The topological polar surface area (TPSA) is 12.5 Å². The van der Waals surface area contributed by atoms with Crippen molar-refractivity contribution in [2.75, 3.05) is 13.7 Å². The van der Waals surface area contributed by atoms with E-state index in [1.165, 1.54) is 18.4 Å². The molecule has 0 aliphatic rings. The van der Waals surface area contributed by atoms with Crippen molar-refractivity contribution in [1.29, 1.82) is 0 Å². The maximum atomic E-state index is 5.51. The Morgan fingerprint density at radius 1 is 1.20 bits per heavy atom. The van der Waals surface area contributed by atoms with Gasteiger partial charge in [-0.25, -0.2) is 0 Å². The van der Waals surface area contributed by atoms with Gasteiger partial charge in [-0.3, -0.25) is 4.90 Å². The Balaban J connectivity index is 2.96. The van der Waals surface area contributed by atoms with Crippen LogP contribution in [-0.4, -0.2) is 24.6 Å². The SMILES string of the molecule is CCC(CC)N(Cc1cc(Br)ccc1OC)CC(C)C. The molecule has 0 N–H and O–H groups in total. The highest BCUT2D eigenvalue weighted by atomic mass is 79.9. The van der Waals surface area contributed by atoms with E-state index in [1.54, 1.807) is 7.11 Å². The molecule has 1 rings (SSSR count). The predicted molar refractivity (Wildman–Crippen MR) is 90.3 cm³/mol. The lowest BCUT2D eigenvalue weighted by molar-refractivity contribution is 0.156. The molecule has 0 fully saturated rings. The van der Waals surface area contributed by atoms with Gasteiger partial charge in [0.25, 0.3) is 0 Å². The second-order valence-electron chi connectivity index (χ2n) is 5.75. The molecule has 114 valence electrons. The summed E-state index contributed by atoms with van der Waals surface area (Å²) in [5.41, 5.74) is 1.26. The third-order valence-electron chi connectivity index (χ3n) is 3.67. The maximum absolute atomic E-state index is 5.51. The zero-order valence-corrected chi connectivity index (χ0v) is 15.0. The molecule has 0 aliphatic heterocycles. The summed E-state index contributed by atoms with van der Waals surface area (Å²) < 4.78 is 6.62. The minimum atomic E-state index is 0.640. The molecule has 2 nitrogen and oxygen atoms in total. The van der Waals surface area contributed by atoms with Gasteiger partial charge in [0.2, 0.25) is 0 Å². The van der Waals surface area contributed by atoms with Gasteiger partial charge in [-0.1, -0.05) is 43.6 Å². The number of benzene rings is 1. The lowest BCUT2D eigenvalue weighted by Gasteiger charge is -2.32. The first-order valence-corrected chi connectivity index (χ1v) is 8.37. The molecule has 0 unspecified atom stereocenters. The first-order chi connectivity index (χ1) is 9.51. The van der Waals surface area contributed by atoms with Crippen LogP contribution < -0.4 is 4.74 Å². The van der Waals surface area contributed by atoms with Crippen molar-refractivity contribution in [2.45, 2.75) is 53.1 Å². The second kappa shape index (κ2) is 8.68. The summed E-state index contributed by atoms with van der Waals surface area (Å²) in [5, 5.41) is 0. The lowest BCUT2D eigenvalue weighted by atomic mass is 10.1. The van der Waals surface area contributed by atoms with Crippen LogP contribution in [0.1, 0.15) is 46.1 Å². The predicted octanol–water partition coefficient (Wildman–Crippen LogP) is 5.10. The number of hydrogen-bond acceptors (Lipinski definition) is 2. The fourth-order valence-corrected chi connectivity index (χ4v) is 3.11. The quantitative estimate of drug-likeness (QED) is 0.651. The maximum Gasteiger partial charge on any atom is 0.123 e. The molecule has 0 radical (unpaired) electrons. The second-order valence-corrected chi connectivity index (χ2v) is 6.67. The number of hydrogen-bond donors (Lipinski definition) is 0. The van der Waals surface area contributed by atoms with E-state index in [0.717, 1.165) is 23.3 Å². The molecule has 0 aromatic heterocycles. The van der Waals surface area contributed by atoms with Crippen LogP contribution >= 0.6 is 15.9 Å². The number of nitrogens with zero attached hydrogens (tertiary/aromatic N) is 1. The minimum Gasteiger partial charge on any atom is -0.496 e. The normalized spacial score (nSPS) is 11.7. The zero-order chi connectivity index (χ0) is 15.1. The van der Waals surface area contributed by atoms with Crippen molar-refractivity contribution in [1.82, 2.24) is 4.90 Å². The highest BCUT2D eigenvalue weighted by molar-refractivity contribution is 9.10. The van der Waals surface area contributed by atoms with E-state index in [1.807, 2.05) is 12.1 Å². The average molecular weight is 342 g/mol. The van der Waals surface area contributed by atoms with Crippen molar-refractivity contribution in [3.05, 3.63) is 28.2 Å². The Bertz CT molecular complexity index is 402. The third kappa shape index (κ3) is 5.10. The van der Waals surface area contributed by atoms with E-state index in [9.17, 15) is 0 Å². The van der Waals surface area contributed by atoms with Crippen LogP contribution in [0, 0.1) is 5.92 Å². The molecular weight excluding hydrogens is 314 g/mol. The molecule has 20 heavy (non-hydrogen) atoms. The summed E-state index contributed by atoms with van der Waals surface area (Å²) >= 11 is 3.56. The van der Waals surface area contributed by atoms with E-state index < -0.39 is 0 Å². The monoisotopic (exact) mass is 341 g/mol. The Morgan fingerprint density at radius 2 is 1.85 bits per heavy atom. The molecular formula is C17H28BrNO. The average Bonchev–Trinajstić information content (AvgIpc) is 2.39. The van der Waals surface area contributed by atoms with Crippen molar-refractivity contribution in [3.8, 4) is 5.75 Å². The van der Waals surface area contributed by atoms with Gasteiger partial charge >= 0.3 is 0 Å². The fraction of sp³-hybridized carbons (Fsp3) is 0.647. The van der Waals surface area contributed by atoms with Gasteiger partial charge in [-0.2, -0.15) is 0 Å². The Morgan fingerprint density at radius 3 is 2.35 bits per heavy atom. The Labute approximate surface area is 132 Å². The van der Waals surface area contributed by atoms with Crippen LogP contribution in [0.4, 0.5) is 0 Å². The summed E-state index contributed by atoms with van der Waals surface area (Å²) in [6.07, 6.45) is 2.39. The Hall–Kier alpha value is -0.540. The van der Waals surface area contributed by atoms with Crippen LogP contribution in [-0.2, 0) is 6.54 Å². The summed E-state index contributed by atoms with van der Waals surface area (Å²) in [4.78, 5) is 2.59. The van der Waals surface area contributed by atoms with Gasteiger partial charge in [0.15, 0.2) is 0 Å². The van der Waals surface area contributed by atoms with Gasteiger partial charge in [-0.05, 0) is 37.0 Å². The van der Waals surface area contributed by atoms with Crippen molar-refractivity contribution in [2.24, 2.45) is 5.92 Å². The molecule has 0 aliphatic carbocycles. The van der Waals surface area contributed by atoms with Gasteiger partial charge in [0.1, 0.15) is 5.75 Å². The van der Waals surface area contributed by atoms with E-state index in [-0.39, 0.29) is 0 Å². The van der Waals surface area contributed by atoms with Crippen molar-refractivity contribution < 1.29 is 4.74 Å². The summed E-state index contributed by atoms with van der Waals surface area (Å²) in [6, 6.07) is 6.89. The summed E-state index contributed by atoms with van der Waals surface area (Å²) in [7, 11) is 1.75. The van der Waals surface area contributed by atoms with Crippen LogP contribution in [0.25, 0.3) is 0 Å². The fourth-order valence-electron chi connectivity index (χ4n) is 2.71. The highest BCUT2D eigenvalue weighted by Gasteiger charge is 2.18. The number of halogens is 1. The highest BCUT2D eigenvalue weighted by Crippen LogP contribution is 2.26. The summed E-state index contributed by atoms with van der Waals surface area (Å²) in [5.74, 6) is 1.65. The number of ether oxygens (including phenoxy) is 1. The molecule has 0 spiro atoms. The molecule has 1 aromatic carbocycles. The molecule has 1 aromatic rings. The van der Waals surface area contributed by atoms with E-state index in [2.05, 4.69) is 54.6 Å². The van der Waals surface area contributed by atoms with E-state index in [4.69, 9.17) is 4.74 Å². The first kappa shape index (κ1) is 17.5. The standard InChI is InChI=1S/C17H28BrNO/c1-6-16(7-2)19(11-13(3)4)12-14-10-15(18)8-9-17(14)20-5/h8-10,13,16H,6-7,11-12H2,1-5H3. The molecule has 0 heterocycles. The molecule has 0 saturated carbocycles. The van der Waals surface area contributed by atoms with Crippen LogP contribution in [0.5, 0.6) is 5.75 Å². The summed E-state index contributed by atoms with van der Waals surface area (Å²) in [6.45, 7) is 11.2. The van der Waals surface area contributed by atoms with Crippen LogP contribution in [0.3, 0.4) is 0 Å². The molecule has 0 amide bonds. The lowest BCUT2D eigenvalue weighted by Crippen LogP contribution is -2.36. The first-order valence-electron chi connectivity index (χ1n) is 7.58. The van der Waals surface area contributed by atoms with Crippen molar-refractivity contribution in [3.63, 3.8) is 0 Å². The zero-order valence-electron chi connectivity index (χ0n) is 13.4. The van der Waals surface area contributed by atoms with Gasteiger partial charge in [-0.15, -0.1) is 0 Å². The van der Waals surface area contributed by atoms with Gasteiger partial charge < -0.3 is 4.74 Å². The van der Waals surface area contributed by atoms with Gasteiger partial charge in [0, 0.05) is 29.2 Å². The van der Waals surface area contributed by atoms with Gasteiger partial charge in [0.05, 0.1) is 7.11 Å². The van der Waals surface area contributed by atoms with Crippen LogP contribution in [0.15, 0.2) is 22.7 Å². The number of rotatable bonds is 8. The largest absolute Gasteiger partial charge is 0.496 e. The minimum absolute atomic E-state index is 0.640. The van der Waals surface area contributed by atoms with E-state index in [0.29, 0.717) is 12.0 Å². The smallest absolute Gasteiger partial charge is 0.123 e. The molecule has 0 saturated heterocycles.